The molecule has 27 heteroatoms. The van der Waals surface area contributed by atoms with Crippen molar-refractivity contribution in [2.45, 2.75) is 333 Å². The van der Waals surface area contributed by atoms with Crippen LogP contribution in [-0.4, -0.2) is 197 Å². The van der Waals surface area contributed by atoms with Crippen molar-refractivity contribution in [2.24, 2.45) is 5.73 Å². The second-order valence-electron chi connectivity index (χ2n) is 24.8. The highest BCUT2D eigenvalue weighted by atomic mass is 16.7. The lowest BCUT2D eigenvalue weighted by Gasteiger charge is -2.48. The van der Waals surface area contributed by atoms with Crippen molar-refractivity contribution < 1.29 is 97.1 Å². The van der Waals surface area contributed by atoms with Crippen molar-refractivity contribution in [3.8, 4) is 0 Å². The second kappa shape index (κ2) is 48.6. The zero-order valence-corrected chi connectivity index (χ0v) is 56.1. The van der Waals surface area contributed by atoms with Gasteiger partial charge in [-0.25, -0.2) is 0 Å². The fraction of sp³-hybridized carbons (Fsp3) is 0.862. The molecule has 14 atom stereocenters. The number of hydrogen-bond acceptors (Lipinski definition) is 20. The quantitative estimate of drug-likeness (QED) is 0.0306. The number of unbranched alkanes of at least 4 members (excludes halogenated alkanes) is 24. The number of hydrogen-bond donors (Lipinski definition) is 12. The Bertz CT molecular complexity index is 2100. The molecule has 0 bridgehead atoms. The molecule has 0 aromatic heterocycles. The lowest BCUT2D eigenvalue weighted by molar-refractivity contribution is -0.333. The molecule has 2 unspecified atom stereocenters. The average Bonchev–Trinajstić information content (AvgIpc) is 0.790. The van der Waals surface area contributed by atoms with Crippen LogP contribution in [0.5, 0.6) is 0 Å². The Hall–Kier alpha value is -5.13. The number of carbonyl (C=O) groups excluding carboxylic acids is 9. The van der Waals surface area contributed by atoms with Crippen LogP contribution >= 0.6 is 0 Å². The normalized spacial score (nSPS) is 22.7. The number of nitrogens with two attached hydrogens (primary N) is 1. The highest BCUT2D eigenvalue weighted by Gasteiger charge is 2.53. The molecule has 0 aromatic rings. The minimum atomic E-state index is -1.88. The summed E-state index contributed by atoms with van der Waals surface area (Å²) in [6.45, 7) is 8.28. The first kappa shape index (κ1) is 83.0. The third-order valence-corrected chi connectivity index (χ3v) is 16.5. The van der Waals surface area contributed by atoms with Gasteiger partial charge in [-0.2, -0.15) is 0 Å². The van der Waals surface area contributed by atoms with E-state index < -0.39 is 164 Å². The van der Waals surface area contributed by atoms with Crippen LogP contribution in [-0.2, 0) is 71.6 Å². The molecule has 0 aliphatic carbocycles. The Morgan fingerprint density at radius 2 is 0.913 bits per heavy atom. The van der Waals surface area contributed by atoms with Gasteiger partial charge in [-0.15, -0.1) is 0 Å². The van der Waals surface area contributed by atoms with Crippen LogP contribution in [0.2, 0.25) is 0 Å². The maximum absolute atomic E-state index is 13.7. The summed E-state index contributed by atoms with van der Waals surface area (Å²) in [7, 11) is 0. The van der Waals surface area contributed by atoms with Crippen LogP contribution in [0.3, 0.4) is 0 Å². The highest BCUT2D eigenvalue weighted by Crippen LogP contribution is 2.31. The summed E-state index contributed by atoms with van der Waals surface area (Å²) in [5.74, 6) is -6.64. The smallest absolute Gasteiger partial charge is 0.305 e. The Morgan fingerprint density at radius 3 is 1.35 bits per heavy atom. The molecule has 2 saturated heterocycles. The van der Waals surface area contributed by atoms with Crippen molar-refractivity contribution in [1.82, 2.24) is 31.9 Å². The summed E-state index contributed by atoms with van der Waals surface area (Å²) >= 11 is 0. The Balaban J connectivity index is 2.02. The number of primary amides is 1. The molecular weight excluding hydrogens is 1200 g/mol. The second-order valence-corrected chi connectivity index (χ2v) is 24.8. The maximum Gasteiger partial charge on any atom is 0.305 e. The van der Waals surface area contributed by atoms with Crippen molar-refractivity contribution in [3.63, 3.8) is 0 Å². The van der Waals surface area contributed by atoms with E-state index >= 15 is 0 Å². The zero-order valence-electron chi connectivity index (χ0n) is 56.1. The molecule has 2 aliphatic heterocycles. The molecule has 92 heavy (non-hydrogen) atoms. The van der Waals surface area contributed by atoms with E-state index in [4.69, 9.17) is 34.2 Å². The van der Waals surface area contributed by atoms with Crippen molar-refractivity contribution in [2.75, 3.05) is 26.4 Å². The first-order valence-corrected chi connectivity index (χ1v) is 34.2. The van der Waals surface area contributed by atoms with Gasteiger partial charge in [-0.3, -0.25) is 43.2 Å². The standard InChI is InChI=1S/C65H117N7O20/c1-8-10-12-14-16-18-20-22-24-26-28-30-32-34-52(78)87-40-47(41-88-53(79)35-33-31-29-27-25-23-21-19-17-15-13-11-9-2)71-61(83)42(3)67-51(77)37-36-48(60(66)82)72-62(84)43(4)68-63(85)44(5)89-59-55(70-46(7)76)64(86)90-50(39-74)58(59)92-65-54(69-45(6)75)57(81)56(80)49(38-73)91-65/h42-44,47-50,54-59,64-65,73-74,80-81,86H,8-41H2,1-7H3,(H2,66,82)(H,67,77)(H,68,85)(H,69,75)(H,70,76)(H,71,83)(H,72,84)/t42-,43-,44?,48+,49+,50+,54+,55+,56+,57+,58+,59+,64?,65-/m0/s1. The van der Waals surface area contributed by atoms with E-state index in [0.717, 1.165) is 52.4 Å². The lowest BCUT2D eigenvalue weighted by atomic mass is 9.94. The minimum absolute atomic E-state index is 0.187. The lowest BCUT2D eigenvalue weighted by Crippen LogP contribution is -2.70. The fourth-order valence-corrected chi connectivity index (χ4v) is 11.0. The van der Waals surface area contributed by atoms with Gasteiger partial charge < -0.3 is 91.6 Å². The van der Waals surface area contributed by atoms with E-state index in [1.165, 1.54) is 136 Å². The molecule has 0 spiro atoms. The number of ether oxygens (including phenoxy) is 6. The molecule has 0 aromatic carbocycles. The highest BCUT2D eigenvalue weighted by molar-refractivity contribution is 5.93. The number of aliphatic hydroxyl groups is 5. The van der Waals surface area contributed by atoms with Crippen molar-refractivity contribution >= 4 is 53.3 Å². The molecule has 7 amide bonds. The monoisotopic (exact) mass is 1320 g/mol. The number of aliphatic hydroxyl groups excluding tert-OH is 5. The fourth-order valence-electron chi connectivity index (χ4n) is 11.0. The molecular formula is C65H117N7O20. The van der Waals surface area contributed by atoms with Crippen LogP contribution in [0.15, 0.2) is 0 Å². The molecule has 2 aliphatic rings. The van der Waals surface area contributed by atoms with Crippen LogP contribution in [0.1, 0.15) is 241 Å². The molecule has 27 nitrogen and oxygen atoms in total. The molecule has 0 radical (unpaired) electrons. The Kier molecular flexibility index (Phi) is 43.8. The largest absolute Gasteiger partial charge is 0.463 e. The van der Waals surface area contributed by atoms with E-state index in [2.05, 4.69) is 45.7 Å². The molecule has 532 valence electrons. The zero-order chi connectivity index (χ0) is 68.4. The maximum atomic E-state index is 13.7. The predicted molar refractivity (Wildman–Crippen MR) is 340 cm³/mol. The topological polar surface area (TPSA) is 408 Å². The van der Waals surface area contributed by atoms with Crippen LogP contribution < -0.4 is 37.6 Å². The third kappa shape index (κ3) is 34.3. The van der Waals surface area contributed by atoms with Gasteiger partial charge in [0.05, 0.1) is 19.3 Å². The molecule has 0 saturated carbocycles. The summed E-state index contributed by atoms with van der Waals surface area (Å²) in [6, 6.07) is -8.00. The molecule has 13 N–H and O–H groups in total. The van der Waals surface area contributed by atoms with E-state index in [1.807, 2.05) is 0 Å². The summed E-state index contributed by atoms with van der Waals surface area (Å²) in [4.78, 5) is 117. The van der Waals surface area contributed by atoms with Gasteiger partial charge in [-0.05, 0) is 40.0 Å². The SMILES string of the molecule is CCCCCCCCCCCCCCCC(=O)OCC(COC(=O)CCCCCCCCCCCCCCC)NC(=O)[C@H](C)NC(=O)CC[C@@H](NC(=O)[C@H](C)NC(=O)C(C)O[C@H]1[C@H](O[C@@H]2O[C@H](CO)[C@@H](O)[C@H](O)[C@H]2NC(C)=O)[C@@H](CO)OC(O)[C@@H]1NC(C)=O)C(N)=O. The van der Waals surface area contributed by atoms with Gasteiger partial charge in [0.15, 0.2) is 12.6 Å². The van der Waals surface area contributed by atoms with E-state index in [1.54, 1.807) is 0 Å². The van der Waals surface area contributed by atoms with Gasteiger partial charge in [0.2, 0.25) is 41.4 Å². The average molecular weight is 1320 g/mol. The summed E-state index contributed by atoms with van der Waals surface area (Å²) in [6.07, 6.45) is 14.9. The Labute approximate surface area is 545 Å². The summed E-state index contributed by atoms with van der Waals surface area (Å²) < 4.78 is 34.5. The van der Waals surface area contributed by atoms with Gasteiger partial charge in [0, 0.05) is 33.1 Å². The first-order valence-electron chi connectivity index (χ1n) is 34.2. The van der Waals surface area contributed by atoms with E-state index in [9.17, 15) is 68.7 Å². The van der Waals surface area contributed by atoms with Crippen LogP contribution in [0.25, 0.3) is 0 Å². The predicted octanol–water partition coefficient (Wildman–Crippen LogP) is 3.60. The van der Waals surface area contributed by atoms with Crippen LogP contribution in [0.4, 0.5) is 0 Å². The summed E-state index contributed by atoms with van der Waals surface area (Å²) in [5, 5.41) is 67.6. The summed E-state index contributed by atoms with van der Waals surface area (Å²) in [5.41, 5.74) is 5.62. The molecule has 2 heterocycles. The van der Waals surface area contributed by atoms with E-state index in [-0.39, 0.29) is 32.5 Å². The third-order valence-electron chi connectivity index (χ3n) is 16.5. The molecule has 2 rings (SSSR count). The number of rotatable bonds is 51. The number of nitrogens with one attached hydrogen (secondary N) is 6. The van der Waals surface area contributed by atoms with Gasteiger partial charge >= 0.3 is 11.9 Å². The Morgan fingerprint density at radius 1 is 0.489 bits per heavy atom. The van der Waals surface area contributed by atoms with Crippen molar-refractivity contribution in [3.05, 3.63) is 0 Å². The minimum Gasteiger partial charge on any atom is -0.463 e. The number of esters is 2. The first-order chi connectivity index (χ1) is 44.0. The van der Waals surface area contributed by atoms with E-state index in [0.29, 0.717) is 12.8 Å². The van der Waals surface area contributed by atoms with Gasteiger partial charge in [0.25, 0.3) is 0 Å². The number of amides is 7. The van der Waals surface area contributed by atoms with Gasteiger partial charge in [0.1, 0.15) is 86.2 Å². The van der Waals surface area contributed by atoms with Gasteiger partial charge in [-0.1, -0.05) is 168 Å². The van der Waals surface area contributed by atoms with Crippen LogP contribution in [0, 0.1) is 0 Å². The van der Waals surface area contributed by atoms with Crippen molar-refractivity contribution in [1.29, 1.82) is 0 Å². The number of carbonyl (C=O) groups is 9. The molecule has 2 fully saturated rings.